The highest BCUT2D eigenvalue weighted by Gasteiger charge is 2.42. The Morgan fingerprint density at radius 3 is 2.73 bits per heavy atom. The van der Waals surface area contributed by atoms with E-state index in [1.165, 1.54) is 0 Å². The van der Waals surface area contributed by atoms with Gasteiger partial charge in [-0.2, -0.15) is 0 Å². The van der Waals surface area contributed by atoms with Gasteiger partial charge in [-0.15, -0.1) is 0 Å². The first-order chi connectivity index (χ1) is 10.5. The van der Waals surface area contributed by atoms with Crippen LogP contribution >= 0.6 is 11.6 Å². The van der Waals surface area contributed by atoms with Gasteiger partial charge in [0.1, 0.15) is 0 Å². The Balaban J connectivity index is 1.97. The minimum Gasteiger partial charge on any atom is -0.392 e. The van der Waals surface area contributed by atoms with Crippen LogP contribution in [-0.4, -0.2) is 52.6 Å². The van der Waals surface area contributed by atoms with Crippen molar-refractivity contribution < 1.29 is 9.90 Å². The number of nitrogens with zero attached hydrogens (tertiary/aromatic N) is 2. The zero-order valence-electron chi connectivity index (χ0n) is 13.1. The van der Waals surface area contributed by atoms with Gasteiger partial charge in [-0.1, -0.05) is 29.8 Å². The van der Waals surface area contributed by atoms with Crippen molar-refractivity contribution >= 4 is 17.5 Å². The van der Waals surface area contributed by atoms with Crippen LogP contribution in [-0.2, 0) is 4.79 Å². The lowest BCUT2D eigenvalue weighted by Gasteiger charge is -2.33. The number of amides is 1. The first kappa shape index (κ1) is 15.8. The summed E-state index contributed by atoms with van der Waals surface area (Å²) < 4.78 is 0. The number of hydrogen-bond acceptors (Lipinski definition) is 3. The van der Waals surface area contributed by atoms with Gasteiger partial charge >= 0.3 is 0 Å². The van der Waals surface area contributed by atoms with Gasteiger partial charge in [-0.05, 0) is 30.9 Å². The molecular formula is C17H23ClN2O2. The smallest absolute Gasteiger partial charge is 0.220 e. The molecule has 0 radical (unpaired) electrons. The molecule has 0 unspecified atom stereocenters. The molecule has 2 aliphatic rings. The predicted molar refractivity (Wildman–Crippen MR) is 86.9 cm³/mol. The van der Waals surface area contributed by atoms with Crippen molar-refractivity contribution in [2.75, 3.05) is 19.6 Å². The van der Waals surface area contributed by atoms with Crippen molar-refractivity contribution in [1.29, 1.82) is 0 Å². The molecular weight excluding hydrogens is 300 g/mol. The Kier molecular flexibility index (Phi) is 4.44. The van der Waals surface area contributed by atoms with Gasteiger partial charge in [0.25, 0.3) is 0 Å². The van der Waals surface area contributed by atoms with E-state index in [9.17, 15) is 9.90 Å². The number of carbonyl (C=O) groups excluding carboxylic acids is 1. The van der Waals surface area contributed by atoms with E-state index in [0.29, 0.717) is 6.54 Å². The Morgan fingerprint density at radius 1 is 1.32 bits per heavy atom. The van der Waals surface area contributed by atoms with Crippen LogP contribution in [0.5, 0.6) is 0 Å². The van der Waals surface area contributed by atoms with Crippen molar-refractivity contribution in [2.24, 2.45) is 0 Å². The standard InChI is InChI=1S/C17H23ClN2O2/c1-11-4-3-5-14(16(11)18)17-15(7-9-20(17)12(2)21)19-8-6-13(22)10-19/h3-5,13,15,17,22H,6-10H2,1-2H3/t13-,15-,17-/m1/s1. The van der Waals surface area contributed by atoms with E-state index in [1.807, 2.05) is 30.0 Å². The summed E-state index contributed by atoms with van der Waals surface area (Å²) in [4.78, 5) is 16.3. The highest BCUT2D eigenvalue weighted by Crippen LogP contribution is 2.40. The third-order valence-electron chi connectivity index (χ3n) is 4.97. The van der Waals surface area contributed by atoms with Crippen molar-refractivity contribution in [3.05, 3.63) is 34.3 Å². The van der Waals surface area contributed by atoms with E-state index >= 15 is 0 Å². The summed E-state index contributed by atoms with van der Waals surface area (Å²) in [6.07, 6.45) is 1.49. The number of benzene rings is 1. The summed E-state index contributed by atoms with van der Waals surface area (Å²) in [7, 11) is 0. The number of carbonyl (C=O) groups is 1. The minimum atomic E-state index is -0.250. The molecule has 3 rings (SSSR count). The fourth-order valence-corrected chi connectivity index (χ4v) is 4.09. The van der Waals surface area contributed by atoms with Gasteiger partial charge in [0.05, 0.1) is 12.1 Å². The quantitative estimate of drug-likeness (QED) is 0.909. The molecule has 0 bridgehead atoms. The Morgan fingerprint density at radius 2 is 2.09 bits per heavy atom. The molecule has 2 aliphatic heterocycles. The molecule has 22 heavy (non-hydrogen) atoms. The average molecular weight is 323 g/mol. The van der Waals surface area contributed by atoms with E-state index in [4.69, 9.17) is 11.6 Å². The third kappa shape index (κ3) is 2.75. The number of halogens is 1. The zero-order valence-corrected chi connectivity index (χ0v) is 13.9. The van der Waals surface area contributed by atoms with Gasteiger partial charge in [0.15, 0.2) is 0 Å². The molecule has 3 atom stereocenters. The van der Waals surface area contributed by atoms with Gasteiger partial charge in [-0.3, -0.25) is 9.69 Å². The Hall–Kier alpha value is -1.10. The number of β-amino-alcohol motifs (C(OH)–C–C–N with tert-alkyl or cyclic N) is 1. The molecule has 1 amide bonds. The molecule has 2 heterocycles. The molecule has 5 heteroatoms. The van der Waals surface area contributed by atoms with Gasteiger partial charge < -0.3 is 10.0 Å². The second-order valence-electron chi connectivity index (χ2n) is 6.43. The highest BCUT2D eigenvalue weighted by atomic mass is 35.5. The molecule has 0 spiro atoms. The summed E-state index contributed by atoms with van der Waals surface area (Å²) in [5, 5.41) is 10.6. The van der Waals surface area contributed by atoms with Crippen LogP contribution in [0.15, 0.2) is 18.2 Å². The van der Waals surface area contributed by atoms with Crippen LogP contribution in [0.2, 0.25) is 5.02 Å². The maximum atomic E-state index is 12.1. The minimum absolute atomic E-state index is 0.0183. The molecule has 1 aromatic carbocycles. The molecule has 2 saturated heterocycles. The lowest BCUT2D eigenvalue weighted by atomic mass is 9.97. The molecule has 120 valence electrons. The summed E-state index contributed by atoms with van der Waals surface area (Å²) >= 11 is 6.54. The van der Waals surface area contributed by atoms with Crippen molar-refractivity contribution in [2.45, 2.75) is 44.9 Å². The van der Waals surface area contributed by atoms with Crippen molar-refractivity contribution in [3.8, 4) is 0 Å². The van der Waals surface area contributed by atoms with Crippen LogP contribution in [0.1, 0.15) is 36.9 Å². The van der Waals surface area contributed by atoms with E-state index < -0.39 is 0 Å². The molecule has 4 nitrogen and oxygen atoms in total. The summed E-state index contributed by atoms with van der Waals surface area (Å²) in [5.74, 6) is 0.0878. The number of hydrogen-bond donors (Lipinski definition) is 1. The number of aliphatic hydroxyl groups is 1. The summed E-state index contributed by atoms with van der Waals surface area (Å²) in [5.41, 5.74) is 2.07. The molecule has 1 aromatic rings. The lowest BCUT2D eigenvalue weighted by molar-refractivity contribution is -0.130. The number of aryl methyl sites for hydroxylation is 1. The van der Waals surface area contributed by atoms with E-state index in [1.54, 1.807) is 6.92 Å². The molecule has 0 aliphatic carbocycles. The van der Waals surface area contributed by atoms with E-state index in [0.717, 1.165) is 42.1 Å². The second kappa shape index (κ2) is 6.19. The lowest BCUT2D eigenvalue weighted by Crippen LogP contribution is -2.40. The number of aliphatic hydroxyl groups excluding tert-OH is 1. The normalized spacial score (nSPS) is 29.3. The average Bonchev–Trinajstić information content (AvgIpc) is 3.07. The van der Waals surface area contributed by atoms with Crippen LogP contribution in [0.3, 0.4) is 0 Å². The van der Waals surface area contributed by atoms with Crippen molar-refractivity contribution in [3.63, 3.8) is 0 Å². The number of likely N-dealkylation sites (tertiary alicyclic amines) is 2. The number of rotatable bonds is 2. The largest absolute Gasteiger partial charge is 0.392 e. The first-order valence-corrected chi connectivity index (χ1v) is 8.31. The maximum Gasteiger partial charge on any atom is 0.220 e. The monoisotopic (exact) mass is 322 g/mol. The van der Waals surface area contributed by atoms with Crippen LogP contribution in [0, 0.1) is 6.92 Å². The maximum absolute atomic E-state index is 12.1. The topological polar surface area (TPSA) is 43.8 Å². The van der Waals surface area contributed by atoms with Crippen molar-refractivity contribution in [1.82, 2.24) is 9.80 Å². The fraction of sp³-hybridized carbons (Fsp3) is 0.588. The first-order valence-electron chi connectivity index (χ1n) is 7.93. The highest BCUT2D eigenvalue weighted by molar-refractivity contribution is 6.32. The van der Waals surface area contributed by atoms with Gasteiger partial charge in [-0.25, -0.2) is 0 Å². The van der Waals surface area contributed by atoms with Crippen LogP contribution in [0.4, 0.5) is 0 Å². The molecule has 1 N–H and O–H groups in total. The second-order valence-corrected chi connectivity index (χ2v) is 6.81. The third-order valence-corrected chi connectivity index (χ3v) is 5.49. The van der Waals surface area contributed by atoms with Gasteiger partial charge in [0, 0.05) is 37.6 Å². The Labute approximate surface area is 136 Å². The SMILES string of the molecule is CC(=O)N1CC[C@@H](N2CC[C@@H](O)C2)[C@H]1c1cccc(C)c1Cl. The molecule has 0 aromatic heterocycles. The predicted octanol–water partition coefficient (Wildman–Crippen LogP) is 2.38. The van der Waals surface area contributed by atoms with E-state index in [2.05, 4.69) is 4.90 Å². The molecule has 2 fully saturated rings. The summed E-state index contributed by atoms with van der Waals surface area (Å²) in [6.45, 7) is 5.95. The fourth-order valence-electron chi connectivity index (χ4n) is 3.85. The van der Waals surface area contributed by atoms with Crippen LogP contribution < -0.4 is 0 Å². The molecule has 0 saturated carbocycles. The Bertz CT molecular complexity index is 578. The summed E-state index contributed by atoms with van der Waals surface area (Å²) in [6, 6.07) is 6.24. The van der Waals surface area contributed by atoms with E-state index in [-0.39, 0.29) is 24.1 Å². The van der Waals surface area contributed by atoms with Gasteiger partial charge in [0.2, 0.25) is 5.91 Å². The van der Waals surface area contributed by atoms with Crippen LogP contribution in [0.25, 0.3) is 0 Å². The zero-order chi connectivity index (χ0) is 15.9.